The maximum absolute atomic E-state index is 11.5. The molecule has 0 spiro atoms. The van der Waals surface area contributed by atoms with Crippen LogP contribution in [0.5, 0.6) is 5.75 Å². The van der Waals surface area contributed by atoms with Crippen molar-refractivity contribution in [2.75, 3.05) is 6.61 Å². The lowest BCUT2D eigenvalue weighted by atomic mass is 10.1. The number of hydrogen-bond acceptors (Lipinski definition) is 3. The van der Waals surface area contributed by atoms with Gasteiger partial charge in [-0.3, -0.25) is 4.79 Å². The third-order valence-electron chi connectivity index (χ3n) is 2.25. The predicted molar refractivity (Wildman–Crippen MR) is 71.8 cm³/mol. The summed E-state index contributed by atoms with van der Waals surface area (Å²) in [6.45, 7) is 2.45. The van der Waals surface area contributed by atoms with E-state index in [-0.39, 0.29) is 6.61 Å². The maximum atomic E-state index is 11.5. The molecule has 0 bridgehead atoms. The molecule has 7 heteroatoms. The molecule has 2 N–H and O–H groups in total. The van der Waals surface area contributed by atoms with Crippen LogP contribution in [0.25, 0.3) is 0 Å². The van der Waals surface area contributed by atoms with Crippen molar-refractivity contribution >= 4 is 35.1 Å². The molecule has 0 radical (unpaired) electrons. The molecule has 0 saturated heterocycles. The van der Waals surface area contributed by atoms with Crippen molar-refractivity contribution < 1.29 is 19.4 Å². The van der Waals surface area contributed by atoms with Crippen molar-refractivity contribution in [2.45, 2.75) is 19.4 Å². The lowest BCUT2D eigenvalue weighted by molar-refractivity contribution is -0.146. The zero-order valence-corrected chi connectivity index (χ0v) is 11.9. The molecule has 0 aromatic heterocycles. The Labute approximate surface area is 120 Å². The predicted octanol–water partition coefficient (Wildman–Crippen LogP) is 2.35. The lowest BCUT2D eigenvalue weighted by Gasteiger charge is -2.20. The molecule has 19 heavy (non-hydrogen) atoms. The van der Waals surface area contributed by atoms with Crippen molar-refractivity contribution in [2.24, 2.45) is 0 Å². The quantitative estimate of drug-likeness (QED) is 0.875. The first-order chi connectivity index (χ1) is 8.72. The molecular formula is C12H13Cl2NO4. The van der Waals surface area contributed by atoms with Crippen LogP contribution in [0.1, 0.15) is 13.8 Å². The normalized spacial score (nSPS) is 10.9. The first kappa shape index (κ1) is 15.6. The second-order valence-electron chi connectivity index (χ2n) is 4.34. The van der Waals surface area contributed by atoms with Gasteiger partial charge in [-0.05, 0) is 26.0 Å². The highest BCUT2D eigenvalue weighted by Crippen LogP contribution is 2.26. The third-order valence-corrected chi connectivity index (χ3v) is 2.99. The Morgan fingerprint density at radius 3 is 2.47 bits per heavy atom. The van der Waals surface area contributed by atoms with E-state index in [1.807, 2.05) is 0 Å². The molecular weight excluding hydrogens is 293 g/mol. The van der Waals surface area contributed by atoms with Crippen LogP contribution in [0.15, 0.2) is 18.2 Å². The summed E-state index contributed by atoms with van der Waals surface area (Å²) in [5, 5.41) is 11.9. The molecule has 0 atom stereocenters. The fourth-order valence-electron chi connectivity index (χ4n) is 1.15. The molecule has 0 fully saturated rings. The first-order valence-corrected chi connectivity index (χ1v) is 6.10. The lowest BCUT2D eigenvalue weighted by Crippen LogP contribution is -2.51. The highest BCUT2D eigenvalue weighted by Gasteiger charge is 2.28. The molecule has 0 aliphatic rings. The van der Waals surface area contributed by atoms with Gasteiger partial charge in [0.05, 0.1) is 10.0 Å². The Bertz CT molecular complexity index is 503. The van der Waals surface area contributed by atoms with Crippen LogP contribution in [0.3, 0.4) is 0 Å². The smallest absolute Gasteiger partial charge is 0.328 e. The van der Waals surface area contributed by atoms with Gasteiger partial charge in [0.15, 0.2) is 6.61 Å². The summed E-state index contributed by atoms with van der Waals surface area (Å²) >= 11 is 11.5. The number of carboxylic acid groups (broad SMARTS) is 1. The number of rotatable bonds is 5. The van der Waals surface area contributed by atoms with E-state index in [9.17, 15) is 9.59 Å². The van der Waals surface area contributed by atoms with E-state index in [1.54, 1.807) is 6.07 Å². The van der Waals surface area contributed by atoms with E-state index in [0.29, 0.717) is 15.8 Å². The van der Waals surface area contributed by atoms with E-state index >= 15 is 0 Å². The topological polar surface area (TPSA) is 75.6 Å². The molecule has 0 aliphatic heterocycles. The van der Waals surface area contributed by atoms with E-state index in [4.69, 9.17) is 33.0 Å². The van der Waals surface area contributed by atoms with Gasteiger partial charge in [0.25, 0.3) is 5.91 Å². The molecule has 5 nitrogen and oxygen atoms in total. The van der Waals surface area contributed by atoms with Crippen LogP contribution in [-0.4, -0.2) is 29.1 Å². The largest absolute Gasteiger partial charge is 0.484 e. The van der Waals surface area contributed by atoms with Crippen molar-refractivity contribution in [3.63, 3.8) is 0 Å². The van der Waals surface area contributed by atoms with Crippen molar-refractivity contribution in [3.8, 4) is 5.75 Å². The Hall–Kier alpha value is -1.46. The number of carboxylic acids is 1. The van der Waals surface area contributed by atoms with Crippen LogP contribution in [0, 0.1) is 0 Å². The summed E-state index contributed by atoms with van der Waals surface area (Å²) in [7, 11) is 0. The van der Waals surface area contributed by atoms with Crippen molar-refractivity contribution in [3.05, 3.63) is 28.2 Å². The number of carbonyl (C=O) groups is 2. The van der Waals surface area contributed by atoms with Crippen LogP contribution in [0.2, 0.25) is 10.0 Å². The van der Waals surface area contributed by atoms with Gasteiger partial charge < -0.3 is 15.2 Å². The Balaban J connectivity index is 2.55. The highest BCUT2D eigenvalue weighted by atomic mass is 35.5. The first-order valence-electron chi connectivity index (χ1n) is 5.34. The molecule has 1 rings (SSSR count). The summed E-state index contributed by atoms with van der Waals surface area (Å²) in [6.07, 6.45) is 0. The monoisotopic (exact) mass is 305 g/mol. The Morgan fingerprint density at radius 2 is 1.95 bits per heavy atom. The van der Waals surface area contributed by atoms with Crippen LogP contribution in [-0.2, 0) is 9.59 Å². The van der Waals surface area contributed by atoms with E-state index in [1.165, 1.54) is 26.0 Å². The Kier molecular flexibility index (Phi) is 5.03. The van der Waals surface area contributed by atoms with E-state index in [2.05, 4.69) is 5.32 Å². The van der Waals surface area contributed by atoms with Crippen molar-refractivity contribution in [1.29, 1.82) is 0 Å². The fraction of sp³-hybridized carbons (Fsp3) is 0.333. The summed E-state index contributed by atoms with van der Waals surface area (Å²) in [5.41, 5.74) is -1.35. The zero-order valence-electron chi connectivity index (χ0n) is 10.4. The highest BCUT2D eigenvalue weighted by molar-refractivity contribution is 6.42. The average molecular weight is 306 g/mol. The number of nitrogens with one attached hydrogen (secondary N) is 1. The number of aliphatic carboxylic acids is 1. The summed E-state index contributed by atoms with van der Waals surface area (Å²) in [6, 6.07) is 4.57. The number of carbonyl (C=O) groups excluding carboxylic acids is 1. The van der Waals surface area contributed by atoms with Gasteiger partial charge in [-0.15, -0.1) is 0 Å². The number of hydrogen-bond donors (Lipinski definition) is 2. The van der Waals surface area contributed by atoms with Gasteiger partial charge in [-0.1, -0.05) is 23.2 Å². The van der Waals surface area contributed by atoms with Gasteiger partial charge in [-0.2, -0.15) is 0 Å². The van der Waals surface area contributed by atoms with Crippen LogP contribution in [0.4, 0.5) is 0 Å². The minimum atomic E-state index is -1.35. The number of ether oxygens (including phenoxy) is 1. The van der Waals surface area contributed by atoms with E-state index in [0.717, 1.165) is 0 Å². The SMILES string of the molecule is CC(C)(NC(=O)COc1ccc(Cl)c(Cl)c1)C(=O)O. The van der Waals surface area contributed by atoms with Gasteiger partial charge in [0.1, 0.15) is 11.3 Å². The average Bonchev–Trinajstić information content (AvgIpc) is 2.30. The third kappa shape index (κ3) is 4.61. The van der Waals surface area contributed by atoms with Gasteiger partial charge in [0, 0.05) is 6.07 Å². The molecule has 0 saturated carbocycles. The van der Waals surface area contributed by atoms with Gasteiger partial charge in [-0.25, -0.2) is 4.79 Å². The number of halogens is 2. The molecule has 1 amide bonds. The van der Waals surface area contributed by atoms with Crippen molar-refractivity contribution in [1.82, 2.24) is 5.32 Å². The van der Waals surface area contributed by atoms with Gasteiger partial charge >= 0.3 is 5.97 Å². The molecule has 0 aliphatic carbocycles. The van der Waals surface area contributed by atoms with Crippen LogP contribution < -0.4 is 10.1 Å². The summed E-state index contributed by atoms with van der Waals surface area (Å²) < 4.78 is 5.18. The Morgan fingerprint density at radius 1 is 1.32 bits per heavy atom. The minimum absolute atomic E-state index is 0.311. The molecule has 1 aromatic rings. The van der Waals surface area contributed by atoms with Crippen LogP contribution >= 0.6 is 23.2 Å². The molecule has 104 valence electrons. The van der Waals surface area contributed by atoms with E-state index < -0.39 is 17.4 Å². The minimum Gasteiger partial charge on any atom is -0.484 e. The molecule has 1 aromatic carbocycles. The second kappa shape index (κ2) is 6.12. The number of benzene rings is 1. The standard InChI is InChI=1S/C12H13Cl2NO4/c1-12(2,11(17)18)15-10(16)6-19-7-3-4-8(13)9(14)5-7/h3-5H,6H2,1-2H3,(H,15,16)(H,17,18). The fourth-order valence-corrected chi connectivity index (χ4v) is 1.44. The summed E-state index contributed by atoms with van der Waals surface area (Å²) in [5.74, 6) is -1.30. The second-order valence-corrected chi connectivity index (χ2v) is 5.16. The zero-order chi connectivity index (χ0) is 14.6. The molecule has 0 unspecified atom stereocenters. The maximum Gasteiger partial charge on any atom is 0.328 e. The van der Waals surface area contributed by atoms with Gasteiger partial charge in [0.2, 0.25) is 0 Å². The summed E-state index contributed by atoms with van der Waals surface area (Å²) in [4.78, 5) is 22.4. The number of amides is 1. The molecule has 0 heterocycles.